The quantitative estimate of drug-likeness (QED) is 0.0139. The van der Waals surface area contributed by atoms with E-state index in [2.05, 4.69) is 41.4 Å². The molecule has 8 N–H and O–H groups in total. The molecule has 1 aliphatic heterocycles. The standard InChI is InChI=1S/C50H87N3O17P2/c1-3-5-7-9-11-13-15-17-18-19-21-23-25-27-29-33-46(57)68-40(37-65-45(56)34-30-32-42(55)41(54)31-28-26-24-22-20-16-14-12-10-8-6-4-2)38-66-71(61,62)70-72(63,64)67-39-43-47(58)48(59)49(69-43)53-36-35-44(51)52-50(53)60/h12,14,20,22,26,28,35-36,40-43,47-49,54-55,58-59H,3-11,13,15-19,21,23-25,27,29-34,37-39H2,1-2H3,(H,61,62)(H,63,64)(H2,51,52,60)/b14-12-,22-20-,28-26-/t40-,41?,42?,43-,47-,48-,49-/m1/s1. The topological polar surface area (TPSA) is 306 Å². The van der Waals surface area contributed by atoms with Gasteiger partial charge in [0.1, 0.15) is 30.7 Å². The third-order valence-corrected chi connectivity index (χ3v) is 14.5. The molecule has 1 saturated heterocycles. The Morgan fingerprint density at radius 1 is 0.722 bits per heavy atom. The molecule has 0 bridgehead atoms. The van der Waals surface area contributed by atoms with Crippen LogP contribution in [-0.2, 0) is 46.3 Å². The molecule has 1 aromatic rings. The van der Waals surface area contributed by atoms with Crippen LogP contribution in [0.1, 0.15) is 187 Å². The molecule has 0 saturated carbocycles. The van der Waals surface area contributed by atoms with Crippen molar-refractivity contribution in [3.05, 3.63) is 59.2 Å². The van der Waals surface area contributed by atoms with Crippen molar-refractivity contribution >= 4 is 33.4 Å². The zero-order valence-corrected chi connectivity index (χ0v) is 44.5. The van der Waals surface area contributed by atoms with Crippen LogP contribution in [0.2, 0.25) is 0 Å². The molecule has 2 rings (SSSR count). The molecular formula is C50H87N3O17P2. The van der Waals surface area contributed by atoms with Crippen LogP contribution in [0.15, 0.2) is 53.5 Å². The second kappa shape index (κ2) is 38.5. The lowest BCUT2D eigenvalue weighted by molar-refractivity contribution is -0.161. The Kier molecular flexibility index (Phi) is 34.7. The molecule has 1 aromatic heterocycles. The number of aromatic nitrogens is 2. The van der Waals surface area contributed by atoms with Crippen molar-refractivity contribution in [1.82, 2.24) is 9.55 Å². The van der Waals surface area contributed by atoms with Crippen LogP contribution in [0.3, 0.4) is 0 Å². The van der Waals surface area contributed by atoms with E-state index in [1.54, 1.807) is 6.08 Å². The summed E-state index contributed by atoms with van der Waals surface area (Å²) >= 11 is 0. The molecule has 72 heavy (non-hydrogen) atoms. The first kappa shape index (κ1) is 65.0. The van der Waals surface area contributed by atoms with Crippen LogP contribution in [0, 0.1) is 0 Å². The first-order chi connectivity index (χ1) is 34.5. The van der Waals surface area contributed by atoms with Crippen molar-refractivity contribution in [1.29, 1.82) is 0 Å². The number of nitrogens with two attached hydrogens (primary N) is 1. The minimum absolute atomic E-state index is 0.00720. The molecule has 1 aliphatic rings. The van der Waals surface area contributed by atoms with E-state index >= 15 is 0 Å². The van der Waals surface area contributed by atoms with E-state index in [1.807, 2.05) is 12.2 Å². The number of rotatable bonds is 43. The van der Waals surface area contributed by atoms with Crippen LogP contribution < -0.4 is 11.4 Å². The first-order valence-corrected chi connectivity index (χ1v) is 29.2. The maximum atomic E-state index is 12.9. The van der Waals surface area contributed by atoms with Crippen molar-refractivity contribution in [3.63, 3.8) is 0 Å². The summed E-state index contributed by atoms with van der Waals surface area (Å²) in [5.74, 6) is -1.59. The summed E-state index contributed by atoms with van der Waals surface area (Å²) in [6.07, 6.45) is 26.7. The highest BCUT2D eigenvalue weighted by Crippen LogP contribution is 2.60. The fourth-order valence-corrected chi connectivity index (χ4v) is 9.82. The summed E-state index contributed by atoms with van der Waals surface area (Å²) in [5.41, 5.74) is 4.57. The Hall–Kier alpha value is -3.10. The summed E-state index contributed by atoms with van der Waals surface area (Å²) in [6.45, 7) is 1.86. The van der Waals surface area contributed by atoms with E-state index in [0.717, 1.165) is 49.3 Å². The number of nitrogens with zero attached hydrogens (tertiary/aromatic N) is 2. The van der Waals surface area contributed by atoms with E-state index in [1.165, 1.54) is 89.5 Å². The van der Waals surface area contributed by atoms with E-state index < -0.39 is 95.9 Å². The van der Waals surface area contributed by atoms with Gasteiger partial charge in [0.15, 0.2) is 12.3 Å². The number of anilines is 1. The van der Waals surface area contributed by atoms with Gasteiger partial charge in [-0.05, 0) is 57.4 Å². The molecule has 0 aromatic carbocycles. The number of phosphoric acid groups is 2. The summed E-state index contributed by atoms with van der Waals surface area (Å²) in [6, 6.07) is 1.23. The van der Waals surface area contributed by atoms with Crippen LogP contribution in [0.4, 0.5) is 5.82 Å². The third-order valence-electron chi connectivity index (χ3n) is 11.9. The lowest BCUT2D eigenvalue weighted by Crippen LogP contribution is -2.36. The highest BCUT2D eigenvalue weighted by atomic mass is 31.3. The highest BCUT2D eigenvalue weighted by molar-refractivity contribution is 7.61. The molecule has 0 spiro atoms. The molecule has 9 atom stereocenters. The monoisotopic (exact) mass is 1060 g/mol. The Balaban J connectivity index is 1.85. The molecule has 4 unspecified atom stereocenters. The van der Waals surface area contributed by atoms with Gasteiger partial charge in [0.25, 0.3) is 0 Å². The Morgan fingerprint density at radius 3 is 1.88 bits per heavy atom. The predicted octanol–water partition coefficient (Wildman–Crippen LogP) is 8.72. The van der Waals surface area contributed by atoms with Crippen molar-refractivity contribution in [2.75, 3.05) is 25.6 Å². The summed E-state index contributed by atoms with van der Waals surface area (Å²) in [4.78, 5) is 62.0. The van der Waals surface area contributed by atoms with E-state index in [0.29, 0.717) is 12.8 Å². The van der Waals surface area contributed by atoms with Crippen molar-refractivity contribution in [2.24, 2.45) is 0 Å². The maximum Gasteiger partial charge on any atom is 0.481 e. The second-order valence-corrected chi connectivity index (χ2v) is 21.4. The zero-order valence-electron chi connectivity index (χ0n) is 42.7. The molecular weight excluding hydrogens is 977 g/mol. The van der Waals surface area contributed by atoms with Crippen LogP contribution in [0.25, 0.3) is 0 Å². The number of phosphoric ester groups is 2. The fourth-order valence-electron chi connectivity index (χ4n) is 7.71. The van der Waals surface area contributed by atoms with Gasteiger partial charge in [-0.2, -0.15) is 9.29 Å². The van der Waals surface area contributed by atoms with Gasteiger partial charge in [-0.15, -0.1) is 0 Å². The van der Waals surface area contributed by atoms with Crippen molar-refractivity contribution in [3.8, 4) is 0 Å². The summed E-state index contributed by atoms with van der Waals surface area (Å²) in [7, 11) is -11.0. The molecule has 1 fully saturated rings. The molecule has 0 amide bonds. The number of nitrogen functional groups attached to an aromatic ring is 1. The lowest BCUT2D eigenvalue weighted by Gasteiger charge is -2.21. The number of hydrogen-bond donors (Lipinski definition) is 7. The minimum atomic E-state index is -5.48. The number of ether oxygens (including phenoxy) is 3. The normalized spacial score (nSPS) is 20.2. The zero-order chi connectivity index (χ0) is 53.0. The molecule has 2 heterocycles. The molecule has 0 radical (unpaired) electrons. The average molecular weight is 1060 g/mol. The van der Waals surface area contributed by atoms with E-state index in [-0.39, 0.29) is 37.9 Å². The van der Waals surface area contributed by atoms with Gasteiger partial charge in [-0.25, -0.2) is 13.9 Å². The van der Waals surface area contributed by atoms with Gasteiger partial charge < -0.3 is 50.2 Å². The number of allylic oxidation sites excluding steroid dienone is 5. The highest BCUT2D eigenvalue weighted by Gasteiger charge is 2.46. The Bertz CT molecular complexity index is 1880. The molecule has 0 aliphatic carbocycles. The van der Waals surface area contributed by atoms with Crippen LogP contribution >= 0.6 is 15.6 Å². The second-order valence-electron chi connectivity index (χ2n) is 18.3. The number of esters is 2. The number of carbonyl (C=O) groups excluding carboxylic acids is 2. The molecule has 20 nitrogen and oxygen atoms in total. The van der Waals surface area contributed by atoms with E-state index in [4.69, 9.17) is 29.0 Å². The number of unbranched alkanes of at least 4 members (excludes halogenated alkanes) is 17. The first-order valence-electron chi connectivity index (χ1n) is 26.2. The van der Waals surface area contributed by atoms with Crippen LogP contribution in [-0.4, -0.2) is 108 Å². The summed E-state index contributed by atoms with van der Waals surface area (Å²) in [5, 5.41) is 41.8. The van der Waals surface area contributed by atoms with Gasteiger partial charge in [0, 0.05) is 19.0 Å². The lowest BCUT2D eigenvalue weighted by atomic mass is 10.0. The largest absolute Gasteiger partial charge is 0.481 e. The van der Waals surface area contributed by atoms with E-state index in [9.17, 15) is 53.7 Å². The Morgan fingerprint density at radius 2 is 1.26 bits per heavy atom. The van der Waals surface area contributed by atoms with Gasteiger partial charge in [-0.1, -0.05) is 153 Å². The molecule has 22 heteroatoms. The number of aliphatic hydroxyl groups is 4. The average Bonchev–Trinajstić information content (AvgIpc) is 3.61. The fraction of sp³-hybridized carbons (Fsp3) is 0.760. The summed E-state index contributed by atoms with van der Waals surface area (Å²) < 4.78 is 56.6. The van der Waals surface area contributed by atoms with Crippen LogP contribution in [0.5, 0.6) is 0 Å². The van der Waals surface area contributed by atoms with Gasteiger partial charge in [0.05, 0.1) is 25.4 Å². The van der Waals surface area contributed by atoms with Crippen molar-refractivity contribution in [2.45, 2.75) is 224 Å². The van der Waals surface area contributed by atoms with Gasteiger partial charge >= 0.3 is 33.3 Å². The maximum absolute atomic E-state index is 12.9. The molecule has 414 valence electrons. The van der Waals surface area contributed by atoms with Crippen molar-refractivity contribution < 1.29 is 76.5 Å². The Labute approximate surface area is 426 Å². The number of aliphatic hydroxyl groups excluding tert-OH is 4. The van der Waals surface area contributed by atoms with Gasteiger partial charge in [0.2, 0.25) is 0 Å². The SMILES string of the molecule is CCCCC/C=C\C/C=C\C/C=C\CC(O)C(O)CCCC(=O)OC[C@H](COP(=O)(O)OP(=O)(O)OC[C@H]1O[C@@H](n2ccc(N)nc2=O)[C@H](O)[C@@H]1O)OC(=O)CCCCCCCCCCCCCCCCC. The smallest absolute Gasteiger partial charge is 0.462 e. The number of carbonyl (C=O) groups is 2. The minimum Gasteiger partial charge on any atom is -0.462 e. The predicted molar refractivity (Wildman–Crippen MR) is 273 cm³/mol. The third kappa shape index (κ3) is 30.3. The number of hydrogen-bond acceptors (Lipinski definition) is 17. The van der Waals surface area contributed by atoms with Gasteiger partial charge in [-0.3, -0.25) is 23.2 Å².